The largest absolute Gasteiger partial charge is 0.453 e. The van der Waals surface area contributed by atoms with Crippen LogP contribution < -0.4 is 5.32 Å². The van der Waals surface area contributed by atoms with Crippen LogP contribution in [0.1, 0.15) is 31.7 Å². The quantitative estimate of drug-likeness (QED) is 0.803. The predicted octanol–water partition coefficient (Wildman–Crippen LogP) is 4.03. The average molecular weight is 347 g/mol. The molecule has 0 saturated carbocycles. The molecule has 0 spiro atoms. The number of hydrogen-bond acceptors (Lipinski definition) is 3. The van der Waals surface area contributed by atoms with E-state index in [4.69, 9.17) is 4.74 Å². The standard InChI is InChI=1S/C19H19F2NO3/c1-12(14-6-4-3-5-7-14)10-18(23)25-13(2)19(24)22-15-8-9-16(20)17(21)11-15/h3-9,11-13H,10H2,1-2H3,(H,22,24)/t12-,13+/m0/s1. The Morgan fingerprint density at radius 3 is 2.36 bits per heavy atom. The molecule has 0 heterocycles. The summed E-state index contributed by atoms with van der Waals surface area (Å²) in [5.74, 6) is -3.25. The lowest BCUT2D eigenvalue weighted by molar-refractivity contribution is -0.153. The van der Waals surface area contributed by atoms with Gasteiger partial charge in [-0.15, -0.1) is 0 Å². The molecule has 0 radical (unpaired) electrons. The minimum atomic E-state index is -1.07. The Bertz CT molecular complexity index is 750. The first-order valence-electron chi connectivity index (χ1n) is 7.87. The van der Waals surface area contributed by atoms with Crippen LogP contribution in [-0.4, -0.2) is 18.0 Å². The lowest BCUT2D eigenvalue weighted by atomic mass is 9.98. The second-order valence-corrected chi connectivity index (χ2v) is 5.77. The second kappa shape index (κ2) is 8.37. The molecule has 0 bridgehead atoms. The van der Waals surface area contributed by atoms with Gasteiger partial charge < -0.3 is 10.1 Å². The predicted molar refractivity (Wildman–Crippen MR) is 90.0 cm³/mol. The molecule has 2 aromatic rings. The fourth-order valence-corrected chi connectivity index (χ4v) is 2.27. The summed E-state index contributed by atoms with van der Waals surface area (Å²) in [7, 11) is 0. The van der Waals surface area contributed by atoms with E-state index in [9.17, 15) is 18.4 Å². The summed E-state index contributed by atoms with van der Waals surface area (Å²) >= 11 is 0. The van der Waals surface area contributed by atoms with Crippen molar-refractivity contribution in [2.75, 3.05) is 5.32 Å². The molecule has 0 aliphatic carbocycles. The van der Waals surface area contributed by atoms with Crippen LogP contribution in [0.4, 0.5) is 14.5 Å². The molecule has 25 heavy (non-hydrogen) atoms. The first kappa shape index (κ1) is 18.6. The number of benzene rings is 2. The zero-order valence-corrected chi connectivity index (χ0v) is 14.0. The molecule has 1 amide bonds. The smallest absolute Gasteiger partial charge is 0.307 e. The lowest BCUT2D eigenvalue weighted by Gasteiger charge is -2.16. The van der Waals surface area contributed by atoms with Crippen molar-refractivity contribution in [3.05, 3.63) is 65.7 Å². The summed E-state index contributed by atoms with van der Waals surface area (Å²) in [5, 5.41) is 2.38. The maximum atomic E-state index is 13.1. The fraction of sp³-hybridized carbons (Fsp3) is 0.263. The third kappa shape index (κ3) is 5.38. The molecule has 0 aliphatic rings. The van der Waals surface area contributed by atoms with Crippen molar-refractivity contribution in [2.45, 2.75) is 32.3 Å². The van der Waals surface area contributed by atoms with Crippen molar-refractivity contribution in [3.63, 3.8) is 0 Å². The van der Waals surface area contributed by atoms with Gasteiger partial charge in [0.2, 0.25) is 0 Å². The molecule has 0 aromatic heterocycles. The number of hydrogen-bond donors (Lipinski definition) is 1. The normalized spacial score (nSPS) is 13.0. The van der Waals surface area contributed by atoms with Crippen LogP contribution in [0.25, 0.3) is 0 Å². The number of carbonyl (C=O) groups is 2. The first-order valence-corrected chi connectivity index (χ1v) is 7.87. The zero-order chi connectivity index (χ0) is 18.4. The molecule has 0 saturated heterocycles. The number of ether oxygens (including phenoxy) is 1. The number of rotatable bonds is 6. The van der Waals surface area contributed by atoms with E-state index in [1.165, 1.54) is 13.0 Å². The van der Waals surface area contributed by atoms with Gasteiger partial charge >= 0.3 is 5.97 Å². The van der Waals surface area contributed by atoms with Gasteiger partial charge in [-0.1, -0.05) is 37.3 Å². The summed E-state index contributed by atoms with van der Waals surface area (Å²) in [6.07, 6.45) is -0.920. The molecule has 6 heteroatoms. The molecule has 0 unspecified atom stereocenters. The number of carbonyl (C=O) groups excluding carboxylic acids is 2. The first-order chi connectivity index (χ1) is 11.9. The van der Waals surface area contributed by atoms with Gasteiger partial charge in [-0.2, -0.15) is 0 Å². The Labute approximate surface area is 144 Å². The van der Waals surface area contributed by atoms with Crippen molar-refractivity contribution >= 4 is 17.6 Å². The maximum absolute atomic E-state index is 13.1. The number of nitrogens with one attached hydrogen (secondary N) is 1. The number of amides is 1. The van der Waals surface area contributed by atoms with Crippen LogP contribution >= 0.6 is 0 Å². The fourth-order valence-electron chi connectivity index (χ4n) is 2.27. The minimum absolute atomic E-state index is 0.0462. The van der Waals surface area contributed by atoms with Crippen LogP contribution in [0.5, 0.6) is 0 Å². The van der Waals surface area contributed by atoms with E-state index in [0.717, 1.165) is 17.7 Å². The summed E-state index contributed by atoms with van der Waals surface area (Å²) in [4.78, 5) is 24.0. The molecule has 2 atom stereocenters. The highest BCUT2D eigenvalue weighted by Crippen LogP contribution is 2.19. The van der Waals surface area contributed by atoms with E-state index < -0.39 is 29.6 Å². The van der Waals surface area contributed by atoms with Gasteiger partial charge in [0, 0.05) is 11.8 Å². The molecular weight excluding hydrogens is 328 g/mol. The van der Waals surface area contributed by atoms with E-state index in [2.05, 4.69) is 5.32 Å². The van der Waals surface area contributed by atoms with Gasteiger partial charge in [0.15, 0.2) is 17.7 Å². The molecule has 1 N–H and O–H groups in total. The summed E-state index contributed by atoms with van der Waals surface area (Å²) < 4.78 is 31.1. The number of esters is 1. The summed E-state index contributed by atoms with van der Waals surface area (Å²) in [6.45, 7) is 3.31. The van der Waals surface area contributed by atoms with Crippen LogP contribution in [0, 0.1) is 11.6 Å². The Balaban J connectivity index is 1.87. The van der Waals surface area contributed by atoms with Gasteiger partial charge in [-0.3, -0.25) is 9.59 Å². The van der Waals surface area contributed by atoms with Crippen LogP contribution in [0.2, 0.25) is 0 Å². The highest BCUT2D eigenvalue weighted by atomic mass is 19.2. The molecule has 4 nitrogen and oxygen atoms in total. The number of anilines is 1. The van der Waals surface area contributed by atoms with Crippen LogP contribution in [-0.2, 0) is 14.3 Å². The van der Waals surface area contributed by atoms with Crippen molar-refractivity contribution in [3.8, 4) is 0 Å². The zero-order valence-electron chi connectivity index (χ0n) is 14.0. The number of halogens is 2. The topological polar surface area (TPSA) is 55.4 Å². The Morgan fingerprint density at radius 2 is 1.72 bits per heavy atom. The monoisotopic (exact) mass is 347 g/mol. The van der Waals surface area contributed by atoms with E-state index in [0.29, 0.717) is 0 Å². The average Bonchev–Trinajstić information content (AvgIpc) is 2.58. The Kier molecular flexibility index (Phi) is 6.22. The molecule has 0 aliphatic heterocycles. The summed E-state index contributed by atoms with van der Waals surface area (Å²) in [5.41, 5.74) is 1.09. The van der Waals surface area contributed by atoms with Gasteiger partial charge in [-0.25, -0.2) is 8.78 Å². The Hall–Kier alpha value is -2.76. The van der Waals surface area contributed by atoms with Crippen molar-refractivity contribution in [1.82, 2.24) is 0 Å². The van der Waals surface area contributed by atoms with E-state index >= 15 is 0 Å². The van der Waals surface area contributed by atoms with Crippen LogP contribution in [0.3, 0.4) is 0 Å². The molecule has 0 fully saturated rings. The van der Waals surface area contributed by atoms with Crippen molar-refractivity contribution in [1.29, 1.82) is 0 Å². The third-order valence-corrected chi connectivity index (χ3v) is 3.71. The second-order valence-electron chi connectivity index (χ2n) is 5.77. The Morgan fingerprint density at radius 1 is 1.04 bits per heavy atom. The highest BCUT2D eigenvalue weighted by molar-refractivity contribution is 5.95. The lowest BCUT2D eigenvalue weighted by Crippen LogP contribution is -2.30. The summed E-state index contributed by atoms with van der Waals surface area (Å²) in [6, 6.07) is 12.5. The molecule has 2 rings (SSSR count). The highest BCUT2D eigenvalue weighted by Gasteiger charge is 2.20. The van der Waals surface area contributed by atoms with Crippen molar-refractivity contribution in [2.24, 2.45) is 0 Å². The SMILES string of the molecule is C[C@@H](OC(=O)C[C@H](C)c1ccccc1)C(=O)Nc1ccc(F)c(F)c1. The van der Waals surface area contributed by atoms with Gasteiger partial charge in [0.1, 0.15) is 0 Å². The minimum Gasteiger partial charge on any atom is -0.453 e. The van der Waals surface area contributed by atoms with Gasteiger partial charge in [-0.05, 0) is 30.5 Å². The van der Waals surface area contributed by atoms with E-state index in [-0.39, 0.29) is 18.0 Å². The molecule has 2 aromatic carbocycles. The van der Waals surface area contributed by atoms with E-state index in [1.54, 1.807) is 0 Å². The maximum Gasteiger partial charge on any atom is 0.307 e. The van der Waals surface area contributed by atoms with E-state index in [1.807, 2.05) is 37.3 Å². The van der Waals surface area contributed by atoms with Gasteiger partial charge in [0.05, 0.1) is 6.42 Å². The third-order valence-electron chi connectivity index (χ3n) is 3.71. The van der Waals surface area contributed by atoms with Crippen molar-refractivity contribution < 1.29 is 23.1 Å². The molecular formula is C19H19F2NO3. The molecule has 132 valence electrons. The van der Waals surface area contributed by atoms with Gasteiger partial charge in [0.25, 0.3) is 5.91 Å². The van der Waals surface area contributed by atoms with Crippen LogP contribution in [0.15, 0.2) is 48.5 Å².